The van der Waals surface area contributed by atoms with Crippen LogP contribution < -0.4 is 5.32 Å². The number of piperidine rings is 1. The summed E-state index contributed by atoms with van der Waals surface area (Å²) in [7, 11) is 0. The number of carbonyl (C=O) groups excluding carboxylic acids is 1. The van der Waals surface area contributed by atoms with Crippen molar-refractivity contribution in [1.29, 1.82) is 0 Å². The highest BCUT2D eigenvalue weighted by Crippen LogP contribution is 2.22. The van der Waals surface area contributed by atoms with Crippen molar-refractivity contribution in [2.75, 3.05) is 18.4 Å². The van der Waals surface area contributed by atoms with Crippen LogP contribution >= 0.6 is 11.3 Å². The zero-order chi connectivity index (χ0) is 17.8. The van der Waals surface area contributed by atoms with Crippen LogP contribution in [0.25, 0.3) is 11.3 Å². The van der Waals surface area contributed by atoms with Gasteiger partial charge in [-0.1, -0.05) is 18.2 Å². The van der Waals surface area contributed by atoms with Gasteiger partial charge in [0.25, 0.3) is 0 Å². The predicted octanol–water partition coefficient (Wildman–Crippen LogP) is 3.92. The van der Waals surface area contributed by atoms with Gasteiger partial charge in [0.2, 0.25) is 5.91 Å². The number of carbonyl (C=O) groups is 1. The zero-order valence-corrected chi connectivity index (χ0v) is 15.4. The van der Waals surface area contributed by atoms with E-state index in [2.05, 4.69) is 32.1 Å². The van der Waals surface area contributed by atoms with E-state index in [1.54, 1.807) is 11.3 Å². The van der Waals surface area contributed by atoms with Crippen LogP contribution in [-0.4, -0.2) is 33.7 Å². The van der Waals surface area contributed by atoms with Crippen LogP contribution in [0.5, 0.6) is 0 Å². The molecule has 1 atom stereocenters. The second kappa shape index (κ2) is 7.85. The number of aromatic nitrogens is 2. The van der Waals surface area contributed by atoms with Gasteiger partial charge in [0, 0.05) is 29.4 Å². The number of thiophene rings is 1. The van der Waals surface area contributed by atoms with Crippen molar-refractivity contribution in [3.8, 4) is 11.3 Å². The lowest BCUT2D eigenvalue weighted by Gasteiger charge is -2.31. The van der Waals surface area contributed by atoms with Gasteiger partial charge in [0.05, 0.1) is 18.3 Å². The highest BCUT2D eigenvalue weighted by Gasteiger charge is 2.26. The van der Waals surface area contributed by atoms with Gasteiger partial charge in [0.15, 0.2) is 0 Å². The van der Waals surface area contributed by atoms with E-state index in [1.165, 1.54) is 0 Å². The number of benzene rings is 1. The maximum Gasteiger partial charge on any atom is 0.228 e. The Bertz CT molecular complexity index is 844. The largest absolute Gasteiger partial charge is 0.326 e. The van der Waals surface area contributed by atoms with Crippen molar-refractivity contribution >= 4 is 22.9 Å². The Kier molecular flexibility index (Phi) is 5.13. The molecule has 0 spiro atoms. The lowest BCUT2D eigenvalue weighted by molar-refractivity contribution is -0.121. The van der Waals surface area contributed by atoms with Gasteiger partial charge in [-0.2, -0.15) is 16.4 Å². The van der Waals surface area contributed by atoms with Crippen molar-refractivity contribution < 1.29 is 4.79 Å². The maximum absolute atomic E-state index is 12.6. The monoisotopic (exact) mass is 366 g/mol. The molecular formula is C20H22N4OS. The first kappa shape index (κ1) is 17.0. The molecule has 0 aliphatic carbocycles. The Morgan fingerprint density at radius 3 is 2.92 bits per heavy atom. The van der Waals surface area contributed by atoms with Crippen molar-refractivity contribution in [1.82, 2.24) is 14.7 Å². The average molecular weight is 366 g/mol. The van der Waals surface area contributed by atoms with E-state index in [9.17, 15) is 4.79 Å². The fraction of sp³-hybridized carbons (Fsp3) is 0.300. The van der Waals surface area contributed by atoms with Crippen LogP contribution in [0.3, 0.4) is 0 Å². The molecule has 1 aromatic carbocycles. The van der Waals surface area contributed by atoms with Crippen LogP contribution in [0.1, 0.15) is 12.8 Å². The minimum absolute atomic E-state index is 0.0239. The van der Waals surface area contributed by atoms with E-state index in [-0.39, 0.29) is 11.8 Å². The summed E-state index contributed by atoms with van der Waals surface area (Å²) < 4.78 is 1.96. The van der Waals surface area contributed by atoms with E-state index in [1.807, 2.05) is 47.3 Å². The summed E-state index contributed by atoms with van der Waals surface area (Å²) in [4.78, 5) is 14.9. The summed E-state index contributed by atoms with van der Waals surface area (Å²) in [6, 6.07) is 13.8. The number of hydrogen-bond donors (Lipinski definition) is 1. The topological polar surface area (TPSA) is 50.2 Å². The quantitative estimate of drug-likeness (QED) is 0.745. The molecule has 26 heavy (non-hydrogen) atoms. The number of nitrogens with one attached hydrogen (secondary N) is 1. The van der Waals surface area contributed by atoms with E-state index < -0.39 is 0 Å². The van der Waals surface area contributed by atoms with Crippen molar-refractivity contribution in [2.45, 2.75) is 19.5 Å². The number of rotatable bonds is 5. The molecule has 134 valence electrons. The van der Waals surface area contributed by atoms with Crippen LogP contribution in [-0.2, 0) is 11.5 Å². The molecule has 1 amide bonds. The molecular weight excluding hydrogens is 344 g/mol. The van der Waals surface area contributed by atoms with Crippen molar-refractivity contribution in [3.05, 3.63) is 59.4 Å². The first-order valence-corrected chi connectivity index (χ1v) is 9.86. The number of anilines is 1. The van der Waals surface area contributed by atoms with Crippen LogP contribution in [0.4, 0.5) is 5.69 Å². The smallest absolute Gasteiger partial charge is 0.228 e. The Balaban J connectivity index is 1.35. The summed E-state index contributed by atoms with van der Waals surface area (Å²) in [6.45, 7) is 2.49. The minimum Gasteiger partial charge on any atom is -0.326 e. The third-order valence-corrected chi connectivity index (χ3v) is 5.40. The number of likely N-dealkylation sites (tertiary alicyclic amines) is 1. The summed E-state index contributed by atoms with van der Waals surface area (Å²) in [5, 5.41) is 11.9. The lowest BCUT2D eigenvalue weighted by atomic mass is 9.97. The van der Waals surface area contributed by atoms with Crippen LogP contribution in [0.15, 0.2) is 59.4 Å². The first-order chi connectivity index (χ1) is 12.8. The molecule has 0 bridgehead atoms. The molecule has 0 saturated carbocycles. The molecule has 3 aromatic rings. The van der Waals surface area contributed by atoms with E-state index >= 15 is 0 Å². The molecule has 1 fully saturated rings. The standard InChI is InChI=1S/C20H22N4OS/c25-20(21-18-6-2-1-3-7-18)16-5-4-10-23(13-16)15-24-11-8-19(22-24)17-9-12-26-14-17/h1-3,6-9,11-12,14,16H,4-5,10,13,15H2,(H,21,25). The third-order valence-electron chi connectivity index (χ3n) is 4.72. The highest BCUT2D eigenvalue weighted by molar-refractivity contribution is 7.08. The first-order valence-electron chi connectivity index (χ1n) is 8.92. The van der Waals surface area contributed by atoms with Gasteiger partial charge in [-0.05, 0) is 49.0 Å². The van der Waals surface area contributed by atoms with Crippen molar-refractivity contribution in [2.24, 2.45) is 5.92 Å². The molecule has 5 nitrogen and oxygen atoms in total. The summed E-state index contributed by atoms with van der Waals surface area (Å²) in [5.41, 5.74) is 3.02. The summed E-state index contributed by atoms with van der Waals surface area (Å²) in [5.74, 6) is 0.135. The molecule has 1 N–H and O–H groups in total. The molecule has 2 aromatic heterocycles. The molecule has 3 heterocycles. The number of hydrogen-bond acceptors (Lipinski definition) is 4. The molecule has 1 unspecified atom stereocenters. The van der Waals surface area contributed by atoms with Crippen LogP contribution in [0, 0.1) is 5.92 Å². The fourth-order valence-electron chi connectivity index (χ4n) is 3.37. The number of para-hydroxylation sites is 1. The highest BCUT2D eigenvalue weighted by atomic mass is 32.1. The molecule has 4 rings (SSSR count). The van der Waals surface area contributed by atoms with Gasteiger partial charge in [-0.25, -0.2) is 0 Å². The Morgan fingerprint density at radius 2 is 2.12 bits per heavy atom. The Morgan fingerprint density at radius 1 is 1.23 bits per heavy atom. The van der Waals surface area contributed by atoms with Crippen LogP contribution in [0.2, 0.25) is 0 Å². The zero-order valence-electron chi connectivity index (χ0n) is 14.5. The second-order valence-electron chi connectivity index (χ2n) is 6.67. The normalized spacial score (nSPS) is 17.9. The van der Waals surface area contributed by atoms with Gasteiger partial charge in [0.1, 0.15) is 0 Å². The number of amides is 1. The Hall–Kier alpha value is -2.44. The molecule has 0 radical (unpaired) electrons. The van der Waals surface area contributed by atoms with Gasteiger partial charge >= 0.3 is 0 Å². The van der Waals surface area contributed by atoms with E-state index in [0.29, 0.717) is 0 Å². The predicted molar refractivity (Wildman–Crippen MR) is 105 cm³/mol. The number of nitrogens with zero attached hydrogens (tertiary/aromatic N) is 3. The van der Waals surface area contributed by atoms with E-state index in [0.717, 1.165) is 49.5 Å². The fourth-order valence-corrected chi connectivity index (χ4v) is 4.02. The molecule has 1 aliphatic heterocycles. The van der Waals surface area contributed by atoms with E-state index in [4.69, 9.17) is 0 Å². The Labute approximate surface area is 157 Å². The van der Waals surface area contributed by atoms with Gasteiger partial charge in [-0.3, -0.25) is 14.4 Å². The SMILES string of the molecule is O=C(Nc1ccccc1)C1CCCN(Cn2ccc(-c3ccsc3)n2)C1. The molecule has 6 heteroatoms. The average Bonchev–Trinajstić information content (AvgIpc) is 3.34. The molecule has 1 aliphatic rings. The van der Waals surface area contributed by atoms with Gasteiger partial charge < -0.3 is 5.32 Å². The second-order valence-corrected chi connectivity index (χ2v) is 7.45. The summed E-state index contributed by atoms with van der Waals surface area (Å²) in [6.07, 6.45) is 3.99. The maximum atomic E-state index is 12.6. The van der Waals surface area contributed by atoms with Crippen molar-refractivity contribution in [3.63, 3.8) is 0 Å². The lowest BCUT2D eigenvalue weighted by Crippen LogP contribution is -2.41. The van der Waals surface area contributed by atoms with Gasteiger partial charge in [-0.15, -0.1) is 0 Å². The minimum atomic E-state index is 0.0239. The summed E-state index contributed by atoms with van der Waals surface area (Å²) >= 11 is 1.68. The molecule has 1 saturated heterocycles. The third kappa shape index (κ3) is 4.03.